The number of rotatable bonds is 6. The summed E-state index contributed by atoms with van der Waals surface area (Å²) in [5.41, 5.74) is 4.57. The zero-order valence-electron chi connectivity index (χ0n) is 16.5. The Balaban J connectivity index is 1.59. The lowest BCUT2D eigenvalue weighted by molar-refractivity contribution is -0.119. The SMILES string of the molecule is Cc1cc(C)c2sc(N(CC3CCCO3)C(=O)CCc3ccccc3)nc2c1. The fourth-order valence-electron chi connectivity index (χ4n) is 3.79. The van der Waals surface area contributed by atoms with Crippen molar-refractivity contribution in [3.8, 4) is 0 Å². The smallest absolute Gasteiger partial charge is 0.229 e. The summed E-state index contributed by atoms with van der Waals surface area (Å²) in [6, 6.07) is 14.4. The fourth-order valence-corrected chi connectivity index (χ4v) is 4.83. The molecule has 1 aliphatic rings. The van der Waals surface area contributed by atoms with E-state index in [0.717, 1.165) is 41.2 Å². The fraction of sp³-hybridized carbons (Fsp3) is 0.391. The van der Waals surface area contributed by atoms with E-state index in [0.29, 0.717) is 13.0 Å². The molecule has 5 heteroatoms. The number of hydrogen-bond donors (Lipinski definition) is 0. The first-order valence-corrected chi connectivity index (χ1v) is 10.8. The van der Waals surface area contributed by atoms with E-state index in [9.17, 15) is 4.79 Å². The van der Waals surface area contributed by atoms with Crippen molar-refractivity contribution in [3.05, 3.63) is 59.2 Å². The third-order valence-corrected chi connectivity index (χ3v) is 6.45. The Morgan fingerprint density at radius 2 is 2.07 bits per heavy atom. The number of hydrogen-bond acceptors (Lipinski definition) is 4. The van der Waals surface area contributed by atoms with Gasteiger partial charge in [0.2, 0.25) is 5.91 Å². The molecule has 0 N–H and O–H groups in total. The molecule has 1 aliphatic heterocycles. The maximum atomic E-state index is 13.2. The highest BCUT2D eigenvalue weighted by Crippen LogP contribution is 2.33. The number of fused-ring (bicyclic) bond motifs is 1. The van der Waals surface area contributed by atoms with E-state index in [4.69, 9.17) is 9.72 Å². The molecule has 4 rings (SSSR count). The monoisotopic (exact) mass is 394 g/mol. The number of amides is 1. The minimum Gasteiger partial charge on any atom is -0.376 e. The molecule has 4 nitrogen and oxygen atoms in total. The van der Waals surface area contributed by atoms with E-state index in [1.165, 1.54) is 16.7 Å². The van der Waals surface area contributed by atoms with Crippen LogP contribution in [0.3, 0.4) is 0 Å². The number of aromatic nitrogens is 1. The second-order valence-electron chi connectivity index (χ2n) is 7.55. The van der Waals surface area contributed by atoms with E-state index in [1.807, 2.05) is 23.1 Å². The van der Waals surface area contributed by atoms with Crippen molar-refractivity contribution in [2.75, 3.05) is 18.1 Å². The Morgan fingerprint density at radius 1 is 1.25 bits per heavy atom. The van der Waals surface area contributed by atoms with Gasteiger partial charge in [0.1, 0.15) is 0 Å². The first kappa shape index (κ1) is 19.1. The molecular weight excluding hydrogens is 368 g/mol. The predicted molar refractivity (Wildman–Crippen MR) is 115 cm³/mol. The van der Waals surface area contributed by atoms with E-state index in [2.05, 4.69) is 38.1 Å². The molecule has 0 saturated carbocycles. The number of thiazole rings is 1. The van der Waals surface area contributed by atoms with Crippen LogP contribution in [0.25, 0.3) is 10.2 Å². The molecular formula is C23H26N2O2S. The minimum atomic E-state index is 0.107. The molecule has 2 aromatic carbocycles. The van der Waals surface area contributed by atoms with Crippen molar-refractivity contribution >= 4 is 32.6 Å². The van der Waals surface area contributed by atoms with Gasteiger partial charge in [-0.3, -0.25) is 9.69 Å². The molecule has 28 heavy (non-hydrogen) atoms. The molecule has 3 aromatic rings. The lowest BCUT2D eigenvalue weighted by Gasteiger charge is -2.23. The van der Waals surface area contributed by atoms with Crippen LogP contribution in [0, 0.1) is 13.8 Å². The molecule has 0 radical (unpaired) electrons. The van der Waals surface area contributed by atoms with Gasteiger partial charge in [0.15, 0.2) is 5.13 Å². The Morgan fingerprint density at radius 3 is 2.82 bits per heavy atom. The van der Waals surface area contributed by atoms with Crippen LogP contribution in [-0.4, -0.2) is 30.1 Å². The van der Waals surface area contributed by atoms with Crippen LogP contribution >= 0.6 is 11.3 Å². The molecule has 1 amide bonds. The van der Waals surface area contributed by atoms with Crippen LogP contribution in [0.4, 0.5) is 5.13 Å². The standard InChI is InChI=1S/C23H26N2O2S/c1-16-13-17(2)22-20(14-16)24-23(28-22)25(15-19-9-6-12-27-19)21(26)11-10-18-7-4-3-5-8-18/h3-5,7-8,13-14,19H,6,9-12,15H2,1-2H3. The van der Waals surface area contributed by atoms with Gasteiger partial charge in [0.25, 0.3) is 0 Å². The summed E-state index contributed by atoms with van der Waals surface area (Å²) in [6.45, 7) is 5.57. The van der Waals surface area contributed by atoms with E-state index in [1.54, 1.807) is 11.3 Å². The molecule has 2 heterocycles. The van der Waals surface area contributed by atoms with Crippen molar-refractivity contribution in [3.63, 3.8) is 0 Å². The van der Waals surface area contributed by atoms with Gasteiger partial charge >= 0.3 is 0 Å². The van der Waals surface area contributed by atoms with Crippen LogP contribution in [-0.2, 0) is 16.0 Å². The first-order valence-electron chi connectivity index (χ1n) is 9.94. The number of carbonyl (C=O) groups is 1. The number of nitrogens with zero attached hydrogens (tertiary/aromatic N) is 2. The maximum Gasteiger partial charge on any atom is 0.229 e. The summed E-state index contributed by atoms with van der Waals surface area (Å²) in [5, 5.41) is 0.789. The summed E-state index contributed by atoms with van der Waals surface area (Å²) < 4.78 is 6.98. The molecule has 1 atom stereocenters. The Bertz CT molecular complexity index is 961. The summed E-state index contributed by atoms with van der Waals surface area (Å²) in [7, 11) is 0. The van der Waals surface area contributed by atoms with E-state index >= 15 is 0 Å². The zero-order chi connectivity index (χ0) is 19.5. The highest BCUT2D eigenvalue weighted by atomic mass is 32.1. The molecule has 1 fully saturated rings. The number of carbonyl (C=O) groups excluding carboxylic acids is 1. The van der Waals surface area contributed by atoms with E-state index < -0.39 is 0 Å². The van der Waals surface area contributed by atoms with E-state index in [-0.39, 0.29) is 12.0 Å². The first-order chi connectivity index (χ1) is 13.6. The second kappa shape index (κ2) is 8.41. The minimum absolute atomic E-state index is 0.107. The van der Waals surface area contributed by atoms with Gasteiger partial charge in [0, 0.05) is 13.0 Å². The number of anilines is 1. The Hall–Kier alpha value is -2.24. The van der Waals surface area contributed by atoms with Crippen LogP contribution in [0.1, 0.15) is 36.0 Å². The van der Waals surface area contributed by atoms with Crippen molar-refractivity contribution < 1.29 is 9.53 Å². The molecule has 0 spiro atoms. The Labute approximate surface area is 170 Å². The summed E-state index contributed by atoms with van der Waals surface area (Å²) in [5.74, 6) is 0.118. The molecule has 0 aliphatic carbocycles. The summed E-state index contributed by atoms with van der Waals surface area (Å²) in [6.07, 6.45) is 3.39. The summed E-state index contributed by atoms with van der Waals surface area (Å²) >= 11 is 1.61. The maximum absolute atomic E-state index is 13.2. The normalized spacial score (nSPS) is 16.6. The van der Waals surface area contributed by atoms with Gasteiger partial charge in [-0.05, 0) is 55.9 Å². The van der Waals surface area contributed by atoms with Crippen LogP contribution in [0.2, 0.25) is 0 Å². The van der Waals surface area contributed by atoms with Gasteiger partial charge in [-0.2, -0.15) is 0 Å². The van der Waals surface area contributed by atoms with Crippen LogP contribution in [0.5, 0.6) is 0 Å². The number of aryl methyl sites for hydroxylation is 3. The average Bonchev–Trinajstić information content (AvgIpc) is 3.34. The van der Waals surface area contributed by atoms with Gasteiger partial charge in [-0.15, -0.1) is 0 Å². The van der Waals surface area contributed by atoms with Gasteiger partial charge in [-0.1, -0.05) is 47.7 Å². The quantitative estimate of drug-likeness (QED) is 0.587. The summed E-state index contributed by atoms with van der Waals surface area (Å²) in [4.78, 5) is 19.9. The highest BCUT2D eigenvalue weighted by Gasteiger charge is 2.26. The Kier molecular flexibility index (Phi) is 5.74. The van der Waals surface area contributed by atoms with Crippen molar-refractivity contribution in [1.29, 1.82) is 0 Å². The lowest BCUT2D eigenvalue weighted by Crippen LogP contribution is -2.37. The molecule has 146 valence electrons. The highest BCUT2D eigenvalue weighted by molar-refractivity contribution is 7.22. The van der Waals surface area contributed by atoms with Gasteiger partial charge in [0.05, 0.1) is 22.9 Å². The molecule has 1 saturated heterocycles. The number of benzene rings is 2. The second-order valence-corrected chi connectivity index (χ2v) is 8.53. The van der Waals surface area contributed by atoms with Crippen LogP contribution in [0.15, 0.2) is 42.5 Å². The largest absolute Gasteiger partial charge is 0.376 e. The average molecular weight is 395 g/mol. The van der Waals surface area contributed by atoms with Crippen molar-refractivity contribution in [2.24, 2.45) is 0 Å². The molecule has 1 unspecified atom stereocenters. The van der Waals surface area contributed by atoms with Crippen molar-refractivity contribution in [1.82, 2.24) is 4.98 Å². The lowest BCUT2D eigenvalue weighted by atomic mass is 10.1. The molecule has 0 bridgehead atoms. The topological polar surface area (TPSA) is 42.4 Å². The van der Waals surface area contributed by atoms with Crippen LogP contribution < -0.4 is 4.90 Å². The van der Waals surface area contributed by atoms with Gasteiger partial charge < -0.3 is 4.74 Å². The number of ether oxygens (including phenoxy) is 1. The van der Waals surface area contributed by atoms with Crippen molar-refractivity contribution in [2.45, 2.75) is 45.6 Å². The zero-order valence-corrected chi connectivity index (χ0v) is 17.3. The predicted octanol–water partition coefficient (Wildman–Crippen LogP) is 5.06. The van der Waals surface area contributed by atoms with Gasteiger partial charge in [-0.25, -0.2) is 4.98 Å². The third-order valence-electron chi connectivity index (χ3n) is 5.22. The third kappa shape index (κ3) is 4.26. The molecule has 1 aromatic heterocycles.